The molecule has 2 heteroatoms. The molecule has 1 heterocycles. The fourth-order valence-corrected chi connectivity index (χ4v) is 2.70. The van der Waals surface area contributed by atoms with E-state index in [1.807, 2.05) is 0 Å². The van der Waals surface area contributed by atoms with Crippen molar-refractivity contribution in [2.24, 2.45) is 5.73 Å². The average Bonchev–Trinajstić information content (AvgIpc) is 2.49. The van der Waals surface area contributed by atoms with Gasteiger partial charge in [-0.3, -0.25) is 4.90 Å². The monoisotopic (exact) mass is 204 g/mol. The second-order valence-corrected chi connectivity index (χ2v) is 4.68. The van der Waals surface area contributed by atoms with Gasteiger partial charge in [0.05, 0.1) is 6.04 Å². The fourth-order valence-electron chi connectivity index (χ4n) is 2.70. The maximum Gasteiger partial charge on any atom is 0.0502 e. The van der Waals surface area contributed by atoms with Gasteiger partial charge in [-0.2, -0.15) is 0 Å². The van der Waals surface area contributed by atoms with E-state index in [1.54, 1.807) is 0 Å². The normalized spacial score (nSPS) is 27.2. The summed E-state index contributed by atoms with van der Waals surface area (Å²) in [5.41, 5.74) is 10.4. The molecule has 2 atom stereocenters. The summed E-state index contributed by atoms with van der Waals surface area (Å²) in [6.45, 7) is 5.47. The van der Waals surface area contributed by atoms with Gasteiger partial charge in [0.1, 0.15) is 0 Å². The van der Waals surface area contributed by atoms with E-state index in [4.69, 9.17) is 5.73 Å². The first-order chi connectivity index (χ1) is 7.11. The van der Waals surface area contributed by atoms with Crippen molar-refractivity contribution in [2.45, 2.75) is 32.4 Å². The molecule has 1 aliphatic heterocycles. The maximum atomic E-state index is 6.20. The molecule has 1 aliphatic rings. The molecule has 0 saturated carbocycles. The Morgan fingerprint density at radius 1 is 1.27 bits per heavy atom. The van der Waals surface area contributed by atoms with Crippen LogP contribution in [0.4, 0.5) is 0 Å². The van der Waals surface area contributed by atoms with E-state index in [9.17, 15) is 0 Å². The SMILES string of the molecule is Cc1cccc(C)c1C1C(N)CCN1C. The third kappa shape index (κ3) is 1.80. The second kappa shape index (κ2) is 3.95. The predicted octanol–water partition coefficient (Wildman–Crippen LogP) is 2.01. The minimum absolute atomic E-state index is 0.287. The number of likely N-dealkylation sites (tertiary alicyclic amines) is 1. The lowest BCUT2D eigenvalue weighted by Crippen LogP contribution is -2.30. The van der Waals surface area contributed by atoms with Crippen LogP contribution < -0.4 is 5.73 Å². The second-order valence-electron chi connectivity index (χ2n) is 4.68. The van der Waals surface area contributed by atoms with E-state index >= 15 is 0 Å². The number of hydrogen-bond donors (Lipinski definition) is 1. The molecule has 1 aromatic rings. The molecule has 0 radical (unpaired) electrons. The molecular weight excluding hydrogens is 184 g/mol. The zero-order valence-electron chi connectivity index (χ0n) is 9.83. The zero-order chi connectivity index (χ0) is 11.0. The number of nitrogens with two attached hydrogens (primary N) is 1. The summed E-state index contributed by atoms with van der Waals surface area (Å²) in [7, 11) is 2.17. The highest BCUT2D eigenvalue weighted by molar-refractivity contribution is 5.37. The van der Waals surface area contributed by atoms with Crippen molar-refractivity contribution < 1.29 is 0 Å². The Morgan fingerprint density at radius 3 is 2.33 bits per heavy atom. The molecule has 2 rings (SSSR count). The molecule has 82 valence electrons. The molecule has 0 aromatic heterocycles. The highest BCUT2D eigenvalue weighted by Gasteiger charge is 2.31. The number of benzene rings is 1. The molecule has 0 spiro atoms. The predicted molar refractivity (Wildman–Crippen MR) is 63.9 cm³/mol. The minimum atomic E-state index is 0.287. The molecule has 2 N–H and O–H groups in total. The van der Waals surface area contributed by atoms with E-state index in [-0.39, 0.29) is 6.04 Å². The van der Waals surface area contributed by atoms with Gasteiger partial charge in [0, 0.05) is 12.6 Å². The molecule has 0 aliphatic carbocycles. The third-order valence-corrected chi connectivity index (χ3v) is 3.53. The van der Waals surface area contributed by atoms with Crippen molar-refractivity contribution in [3.8, 4) is 0 Å². The van der Waals surface area contributed by atoms with E-state index in [1.165, 1.54) is 16.7 Å². The first-order valence-electron chi connectivity index (χ1n) is 5.63. The smallest absolute Gasteiger partial charge is 0.0502 e. The van der Waals surface area contributed by atoms with Crippen LogP contribution in [0.2, 0.25) is 0 Å². The van der Waals surface area contributed by atoms with Crippen LogP contribution in [0.1, 0.15) is 29.2 Å². The lowest BCUT2D eigenvalue weighted by Gasteiger charge is -2.26. The molecule has 0 bridgehead atoms. The van der Waals surface area contributed by atoms with Crippen molar-refractivity contribution >= 4 is 0 Å². The Bertz CT molecular complexity index is 329. The van der Waals surface area contributed by atoms with E-state index in [0.717, 1.165) is 13.0 Å². The van der Waals surface area contributed by atoms with E-state index < -0.39 is 0 Å². The zero-order valence-corrected chi connectivity index (χ0v) is 9.83. The third-order valence-electron chi connectivity index (χ3n) is 3.53. The van der Waals surface area contributed by atoms with E-state index in [2.05, 4.69) is 44.0 Å². The summed E-state index contributed by atoms with van der Waals surface area (Å²) in [5, 5.41) is 0. The Morgan fingerprint density at radius 2 is 1.87 bits per heavy atom. The van der Waals surface area contributed by atoms with Crippen LogP contribution in [0, 0.1) is 13.8 Å². The Labute approximate surface area is 92.1 Å². The van der Waals surface area contributed by atoms with Gasteiger partial charge >= 0.3 is 0 Å². The molecular formula is C13H20N2. The molecule has 2 nitrogen and oxygen atoms in total. The van der Waals surface area contributed by atoms with Crippen molar-refractivity contribution in [1.29, 1.82) is 0 Å². The van der Waals surface area contributed by atoms with Crippen LogP contribution in [-0.2, 0) is 0 Å². The quantitative estimate of drug-likeness (QED) is 0.758. The number of nitrogens with zero attached hydrogens (tertiary/aromatic N) is 1. The Hall–Kier alpha value is -0.860. The summed E-state index contributed by atoms with van der Waals surface area (Å²) in [4.78, 5) is 2.38. The summed E-state index contributed by atoms with van der Waals surface area (Å²) >= 11 is 0. The van der Waals surface area contributed by atoms with Gasteiger partial charge in [-0.25, -0.2) is 0 Å². The van der Waals surface area contributed by atoms with Gasteiger partial charge in [0.15, 0.2) is 0 Å². The molecule has 15 heavy (non-hydrogen) atoms. The molecule has 1 saturated heterocycles. The summed E-state index contributed by atoms with van der Waals surface area (Å²) in [5.74, 6) is 0. The number of rotatable bonds is 1. The maximum absolute atomic E-state index is 6.20. The summed E-state index contributed by atoms with van der Waals surface area (Å²) in [6.07, 6.45) is 1.11. The number of likely N-dealkylation sites (N-methyl/N-ethyl adjacent to an activating group) is 1. The van der Waals surface area contributed by atoms with Crippen LogP contribution in [0.3, 0.4) is 0 Å². The van der Waals surface area contributed by atoms with Crippen LogP contribution in [0.15, 0.2) is 18.2 Å². The number of aryl methyl sites for hydroxylation is 2. The van der Waals surface area contributed by atoms with Gasteiger partial charge in [0.2, 0.25) is 0 Å². The molecule has 0 amide bonds. The highest BCUT2D eigenvalue weighted by Crippen LogP contribution is 2.33. The van der Waals surface area contributed by atoms with Gasteiger partial charge in [-0.05, 0) is 44.0 Å². The van der Waals surface area contributed by atoms with Crippen molar-refractivity contribution in [3.63, 3.8) is 0 Å². The van der Waals surface area contributed by atoms with Gasteiger partial charge in [0.25, 0.3) is 0 Å². The lowest BCUT2D eigenvalue weighted by molar-refractivity contribution is 0.302. The fraction of sp³-hybridized carbons (Fsp3) is 0.538. The molecule has 1 aromatic carbocycles. The Kier molecular flexibility index (Phi) is 2.81. The van der Waals surface area contributed by atoms with Crippen molar-refractivity contribution in [2.75, 3.05) is 13.6 Å². The summed E-state index contributed by atoms with van der Waals surface area (Å²) in [6, 6.07) is 7.18. The van der Waals surface area contributed by atoms with Crippen molar-refractivity contribution in [1.82, 2.24) is 4.90 Å². The van der Waals surface area contributed by atoms with Crippen LogP contribution in [-0.4, -0.2) is 24.5 Å². The lowest BCUT2D eigenvalue weighted by atomic mass is 9.92. The van der Waals surface area contributed by atoms with Crippen LogP contribution >= 0.6 is 0 Å². The first-order valence-corrected chi connectivity index (χ1v) is 5.63. The first kappa shape index (κ1) is 10.7. The topological polar surface area (TPSA) is 29.3 Å². The number of hydrogen-bond acceptors (Lipinski definition) is 2. The van der Waals surface area contributed by atoms with E-state index in [0.29, 0.717) is 6.04 Å². The highest BCUT2D eigenvalue weighted by atomic mass is 15.2. The van der Waals surface area contributed by atoms with Crippen molar-refractivity contribution in [3.05, 3.63) is 34.9 Å². The molecule has 2 unspecified atom stereocenters. The Balaban J connectivity index is 2.44. The molecule has 1 fully saturated rings. The van der Waals surface area contributed by atoms with Crippen LogP contribution in [0.5, 0.6) is 0 Å². The van der Waals surface area contributed by atoms with Gasteiger partial charge in [-0.15, -0.1) is 0 Å². The van der Waals surface area contributed by atoms with Gasteiger partial charge < -0.3 is 5.73 Å². The largest absolute Gasteiger partial charge is 0.326 e. The summed E-state index contributed by atoms with van der Waals surface area (Å²) < 4.78 is 0. The van der Waals surface area contributed by atoms with Gasteiger partial charge in [-0.1, -0.05) is 18.2 Å². The average molecular weight is 204 g/mol. The van der Waals surface area contributed by atoms with Crippen LogP contribution in [0.25, 0.3) is 0 Å². The minimum Gasteiger partial charge on any atom is -0.326 e. The standard InChI is InChI=1S/C13H20N2/c1-9-5-4-6-10(2)12(9)13-11(14)7-8-15(13)3/h4-6,11,13H,7-8,14H2,1-3H3.